The fraction of sp³-hybridized carbons (Fsp3) is 0.348. The van der Waals surface area contributed by atoms with E-state index in [2.05, 4.69) is 31.8 Å². The maximum absolute atomic E-state index is 12.7. The van der Waals surface area contributed by atoms with Gasteiger partial charge in [0.05, 0.1) is 16.8 Å². The first-order chi connectivity index (χ1) is 15.2. The number of rotatable bonds is 8. The summed E-state index contributed by atoms with van der Waals surface area (Å²) >= 11 is 3.47. The average Bonchev–Trinajstić information content (AvgIpc) is 3.21. The number of fused-ring (bicyclic) bond motifs is 1. The first kappa shape index (κ1) is 23.6. The highest BCUT2D eigenvalue weighted by molar-refractivity contribution is 9.10. The van der Waals surface area contributed by atoms with E-state index in [1.807, 2.05) is 45.9 Å². The SMILES string of the molecule is CC(C)Oc1ccc(/C=N/NC(=O)C(NC(=O)c2ccc3c(c2)OCO3)C(C)C)cc1Br. The van der Waals surface area contributed by atoms with E-state index < -0.39 is 11.9 Å². The van der Waals surface area contributed by atoms with E-state index >= 15 is 0 Å². The molecule has 0 saturated carbocycles. The Labute approximate surface area is 195 Å². The third kappa shape index (κ3) is 6.00. The molecule has 8 nitrogen and oxygen atoms in total. The molecule has 1 atom stereocenters. The number of nitrogens with one attached hydrogen (secondary N) is 2. The molecule has 1 aliphatic rings. The smallest absolute Gasteiger partial charge is 0.262 e. The number of hydrazone groups is 1. The molecule has 2 amide bonds. The second-order valence-corrected chi connectivity index (χ2v) is 8.71. The molecule has 2 aromatic carbocycles. The number of amides is 2. The van der Waals surface area contributed by atoms with Crippen LogP contribution in [0.15, 0.2) is 46.0 Å². The molecule has 1 heterocycles. The number of hydrogen-bond donors (Lipinski definition) is 2. The van der Waals surface area contributed by atoms with Gasteiger partial charge in [0.1, 0.15) is 11.8 Å². The summed E-state index contributed by atoms with van der Waals surface area (Å²) in [5.74, 6) is 0.875. The van der Waals surface area contributed by atoms with Crippen molar-refractivity contribution in [2.45, 2.75) is 39.8 Å². The van der Waals surface area contributed by atoms with E-state index in [1.54, 1.807) is 18.2 Å². The van der Waals surface area contributed by atoms with Crippen LogP contribution in [-0.2, 0) is 4.79 Å². The lowest BCUT2D eigenvalue weighted by atomic mass is 10.0. The van der Waals surface area contributed by atoms with Crippen LogP contribution in [0.3, 0.4) is 0 Å². The second kappa shape index (κ2) is 10.5. The summed E-state index contributed by atoms with van der Waals surface area (Å²) in [6.45, 7) is 7.72. The lowest BCUT2D eigenvalue weighted by molar-refractivity contribution is -0.123. The summed E-state index contributed by atoms with van der Waals surface area (Å²) in [5.41, 5.74) is 3.66. The zero-order chi connectivity index (χ0) is 23.3. The van der Waals surface area contributed by atoms with Crippen molar-refractivity contribution in [3.63, 3.8) is 0 Å². The molecule has 1 aliphatic heterocycles. The summed E-state index contributed by atoms with van der Waals surface area (Å²) in [6, 6.07) is 9.63. The monoisotopic (exact) mass is 503 g/mol. The van der Waals surface area contributed by atoms with E-state index in [1.165, 1.54) is 6.21 Å². The molecule has 2 N–H and O–H groups in total. The van der Waals surface area contributed by atoms with Crippen molar-refractivity contribution in [2.75, 3.05) is 6.79 Å². The summed E-state index contributed by atoms with van der Waals surface area (Å²) < 4.78 is 17.0. The molecule has 0 aromatic heterocycles. The Bertz CT molecular complexity index is 1020. The van der Waals surface area contributed by atoms with Crippen molar-refractivity contribution in [2.24, 2.45) is 11.0 Å². The van der Waals surface area contributed by atoms with Crippen LogP contribution in [0.25, 0.3) is 0 Å². The van der Waals surface area contributed by atoms with Crippen LogP contribution >= 0.6 is 15.9 Å². The Morgan fingerprint density at radius 1 is 1.09 bits per heavy atom. The molecule has 0 spiro atoms. The third-order valence-electron chi connectivity index (χ3n) is 4.58. The largest absolute Gasteiger partial charge is 0.490 e. The zero-order valence-corrected chi connectivity index (χ0v) is 19.9. The lowest BCUT2D eigenvalue weighted by Gasteiger charge is -2.20. The molecule has 2 aromatic rings. The van der Waals surface area contributed by atoms with Gasteiger partial charge in [0.2, 0.25) is 6.79 Å². The van der Waals surface area contributed by atoms with Gasteiger partial charge in [0.15, 0.2) is 11.5 Å². The number of ether oxygens (including phenoxy) is 3. The van der Waals surface area contributed by atoms with E-state index in [0.717, 1.165) is 15.8 Å². The highest BCUT2D eigenvalue weighted by Crippen LogP contribution is 2.32. The van der Waals surface area contributed by atoms with Gasteiger partial charge in [0.25, 0.3) is 11.8 Å². The zero-order valence-electron chi connectivity index (χ0n) is 18.3. The maximum Gasteiger partial charge on any atom is 0.262 e. The number of halogens is 1. The van der Waals surface area contributed by atoms with Crippen molar-refractivity contribution in [3.8, 4) is 17.2 Å². The molecule has 0 bridgehead atoms. The van der Waals surface area contributed by atoms with Crippen LogP contribution in [0.5, 0.6) is 17.2 Å². The van der Waals surface area contributed by atoms with Crippen LogP contribution in [0.4, 0.5) is 0 Å². The minimum absolute atomic E-state index is 0.0611. The molecular formula is C23H26BrN3O5. The van der Waals surface area contributed by atoms with Crippen LogP contribution in [0.2, 0.25) is 0 Å². The van der Waals surface area contributed by atoms with Gasteiger partial charge in [-0.1, -0.05) is 13.8 Å². The Hall–Kier alpha value is -3.07. The lowest BCUT2D eigenvalue weighted by Crippen LogP contribution is -2.48. The fourth-order valence-corrected chi connectivity index (χ4v) is 3.47. The summed E-state index contributed by atoms with van der Waals surface area (Å²) in [6.07, 6.45) is 1.59. The summed E-state index contributed by atoms with van der Waals surface area (Å²) in [7, 11) is 0. The van der Waals surface area contributed by atoms with Gasteiger partial charge in [-0.05, 0) is 77.7 Å². The van der Waals surface area contributed by atoms with Gasteiger partial charge >= 0.3 is 0 Å². The van der Waals surface area contributed by atoms with E-state index in [0.29, 0.717) is 17.1 Å². The minimum atomic E-state index is -0.765. The number of hydrogen-bond acceptors (Lipinski definition) is 6. The Morgan fingerprint density at radius 2 is 1.84 bits per heavy atom. The van der Waals surface area contributed by atoms with Gasteiger partial charge in [-0.25, -0.2) is 5.43 Å². The highest BCUT2D eigenvalue weighted by Gasteiger charge is 2.25. The normalized spacial score (nSPS) is 13.5. The topological polar surface area (TPSA) is 98.2 Å². The van der Waals surface area contributed by atoms with Crippen LogP contribution in [-0.4, -0.2) is 37.0 Å². The number of carbonyl (C=O) groups excluding carboxylic acids is 2. The maximum atomic E-state index is 12.7. The molecular weight excluding hydrogens is 478 g/mol. The molecule has 170 valence electrons. The predicted octanol–water partition coefficient (Wildman–Crippen LogP) is 3.87. The Balaban J connectivity index is 1.61. The van der Waals surface area contributed by atoms with Crippen molar-refractivity contribution in [1.29, 1.82) is 0 Å². The van der Waals surface area contributed by atoms with Crippen molar-refractivity contribution in [1.82, 2.24) is 10.7 Å². The molecule has 32 heavy (non-hydrogen) atoms. The first-order valence-corrected chi connectivity index (χ1v) is 11.0. The molecule has 0 radical (unpaired) electrons. The highest BCUT2D eigenvalue weighted by atomic mass is 79.9. The molecule has 9 heteroatoms. The third-order valence-corrected chi connectivity index (χ3v) is 5.20. The van der Waals surface area contributed by atoms with Gasteiger partial charge in [0, 0.05) is 5.56 Å². The van der Waals surface area contributed by atoms with E-state index in [9.17, 15) is 9.59 Å². The van der Waals surface area contributed by atoms with Crippen LogP contribution in [0.1, 0.15) is 43.6 Å². The summed E-state index contributed by atoms with van der Waals surface area (Å²) in [5, 5.41) is 6.79. The molecule has 0 saturated heterocycles. The number of benzene rings is 2. The van der Waals surface area contributed by atoms with Crippen molar-refractivity contribution < 1.29 is 23.8 Å². The van der Waals surface area contributed by atoms with Crippen LogP contribution in [0, 0.1) is 5.92 Å². The first-order valence-electron chi connectivity index (χ1n) is 10.2. The van der Waals surface area contributed by atoms with Crippen molar-refractivity contribution in [3.05, 3.63) is 52.0 Å². The quantitative estimate of drug-likeness (QED) is 0.420. The van der Waals surface area contributed by atoms with Crippen LogP contribution < -0.4 is 25.0 Å². The Morgan fingerprint density at radius 3 is 2.53 bits per heavy atom. The predicted molar refractivity (Wildman–Crippen MR) is 124 cm³/mol. The Kier molecular flexibility index (Phi) is 7.74. The van der Waals surface area contributed by atoms with Gasteiger partial charge in [-0.15, -0.1) is 0 Å². The standard InChI is InChI=1S/C23H26BrN3O5/c1-13(2)21(26-22(28)16-6-8-19-20(10-16)31-12-30-19)23(29)27-25-11-15-5-7-18(17(24)9-15)32-14(3)4/h5-11,13-14,21H,12H2,1-4H3,(H,26,28)(H,27,29)/b25-11+. The average molecular weight is 504 g/mol. The van der Waals surface area contributed by atoms with Crippen molar-refractivity contribution >= 4 is 34.0 Å². The van der Waals surface area contributed by atoms with Gasteiger partial charge in [-0.2, -0.15) is 5.10 Å². The molecule has 1 unspecified atom stereocenters. The second-order valence-electron chi connectivity index (χ2n) is 7.85. The number of carbonyl (C=O) groups is 2. The van der Waals surface area contributed by atoms with Gasteiger partial charge < -0.3 is 19.5 Å². The molecule has 0 fully saturated rings. The minimum Gasteiger partial charge on any atom is -0.490 e. The molecule has 3 rings (SSSR count). The van der Waals surface area contributed by atoms with E-state index in [-0.39, 0.29) is 24.7 Å². The number of nitrogens with zero attached hydrogens (tertiary/aromatic N) is 1. The fourth-order valence-electron chi connectivity index (χ4n) is 2.98. The van der Waals surface area contributed by atoms with E-state index in [4.69, 9.17) is 14.2 Å². The summed E-state index contributed by atoms with van der Waals surface area (Å²) in [4.78, 5) is 25.3. The van der Waals surface area contributed by atoms with Gasteiger partial charge in [-0.3, -0.25) is 9.59 Å². The molecule has 0 aliphatic carbocycles.